The van der Waals surface area contributed by atoms with Gasteiger partial charge in [0.25, 0.3) is 5.91 Å². The molecule has 5 aromatic rings. The Hall–Kier alpha value is -5.56. The Morgan fingerprint density at radius 1 is 0.958 bits per heavy atom. The summed E-state index contributed by atoms with van der Waals surface area (Å²) >= 11 is 6.51. The van der Waals surface area contributed by atoms with Crippen LogP contribution in [0.1, 0.15) is 34.4 Å². The first-order valence-corrected chi connectivity index (χ1v) is 15.2. The summed E-state index contributed by atoms with van der Waals surface area (Å²) in [6, 6.07) is 24.4. The number of aliphatic hydroxyl groups excluding tert-OH is 1. The lowest BCUT2D eigenvalue weighted by atomic mass is 9.99. The van der Waals surface area contributed by atoms with Crippen molar-refractivity contribution in [3.05, 3.63) is 129 Å². The SMILES string of the molecule is COc1cc(NC(=O)COc2cccc([C@@H](NC(=O)O)c3ccccc3)c2)c(Cl)cc1CNC[C@H](O)c1ccc(O)c2[nH]c(=O)ccc12. The van der Waals surface area contributed by atoms with Crippen molar-refractivity contribution in [3.8, 4) is 17.2 Å². The van der Waals surface area contributed by atoms with Crippen molar-refractivity contribution < 1.29 is 34.4 Å². The van der Waals surface area contributed by atoms with Gasteiger partial charge in [-0.25, -0.2) is 4.79 Å². The number of fused-ring (bicyclic) bond motifs is 1. The zero-order valence-electron chi connectivity index (χ0n) is 25.7. The molecule has 248 valence electrons. The molecule has 48 heavy (non-hydrogen) atoms. The Kier molecular flexibility index (Phi) is 10.8. The average Bonchev–Trinajstić information content (AvgIpc) is 3.08. The molecule has 5 rings (SSSR count). The Bertz CT molecular complexity index is 1990. The third kappa shape index (κ3) is 8.23. The molecule has 0 radical (unpaired) electrons. The fraction of sp³-hybridized carbons (Fsp3) is 0.171. The first-order chi connectivity index (χ1) is 23.1. The molecule has 2 amide bonds. The molecule has 0 aliphatic rings. The number of rotatable bonds is 13. The molecule has 0 spiro atoms. The molecule has 0 fully saturated rings. The van der Waals surface area contributed by atoms with Gasteiger partial charge in [0.2, 0.25) is 5.56 Å². The van der Waals surface area contributed by atoms with Gasteiger partial charge < -0.3 is 45.7 Å². The van der Waals surface area contributed by atoms with E-state index in [9.17, 15) is 29.7 Å². The molecule has 0 saturated heterocycles. The molecular formula is C35H33ClN4O8. The molecule has 12 nitrogen and oxygen atoms in total. The maximum Gasteiger partial charge on any atom is 0.405 e. The molecule has 0 saturated carbocycles. The normalized spacial score (nSPS) is 12.2. The Morgan fingerprint density at radius 3 is 2.48 bits per heavy atom. The number of aromatic hydroxyl groups is 1. The number of carboxylic acid groups (broad SMARTS) is 1. The molecular weight excluding hydrogens is 640 g/mol. The van der Waals surface area contributed by atoms with Crippen LogP contribution in [0.15, 0.2) is 95.8 Å². The number of pyridine rings is 1. The van der Waals surface area contributed by atoms with Gasteiger partial charge in [-0.2, -0.15) is 0 Å². The number of phenols is 1. The van der Waals surface area contributed by atoms with E-state index in [0.29, 0.717) is 39.3 Å². The van der Waals surface area contributed by atoms with Crippen LogP contribution in [-0.4, -0.2) is 52.6 Å². The second-order valence-electron chi connectivity index (χ2n) is 10.8. The number of phenolic OH excluding ortho intramolecular Hbond substituents is 1. The number of benzene rings is 4. The van der Waals surface area contributed by atoms with Gasteiger partial charge in [0.05, 0.1) is 35.5 Å². The number of methoxy groups -OCH3 is 1. The second-order valence-corrected chi connectivity index (χ2v) is 11.2. The molecule has 0 bridgehead atoms. The zero-order chi connectivity index (χ0) is 34.2. The van der Waals surface area contributed by atoms with Crippen molar-refractivity contribution in [2.24, 2.45) is 0 Å². The van der Waals surface area contributed by atoms with Crippen molar-refractivity contribution in [2.75, 3.05) is 25.6 Å². The van der Waals surface area contributed by atoms with Gasteiger partial charge in [-0.1, -0.05) is 60.1 Å². The quantitative estimate of drug-likeness (QED) is 0.0896. The number of H-pyrrole nitrogens is 1. The first kappa shape index (κ1) is 33.8. The Labute approximate surface area is 279 Å². The van der Waals surface area contributed by atoms with Crippen molar-refractivity contribution >= 4 is 40.2 Å². The van der Waals surface area contributed by atoms with Gasteiger partial charge in [-0.15, -0.1) is 0 Å². The summed E-state index contributed by atoms with van der Waals surface area (Å²) in [5, 5.41) is 39.5. The molecule has 4 aromatic carbocycles. The van der Waals surface area contributed by atoms with E-state index in [-0.39, 0.29) is 41.5 Å². The molecule has 7 N–H and O–H groups in total. The predicted molar refractivity (Wildman–Crippen MR) is 181 cm³/mol. The summed E-state index contributed by atoms with van der Waals surface area (Å²) in [5.41, 5.74) is 2.76. The highest BCUT2D eigenvalue weighted by molar-refractivity contribution is 6.33. The van der Waals surface area contributed by atoms with Gasteiger partial charge in [0.1, 0.15) is 17.2 Å². The van der Waals surface area contributed by atoms with Gasteiger partial charge in [0, 0.05) is 36.2 Å². The van der Waals surface area contributed by atoms with E-state index >= 15 is 0 Å². The summed E-state index contributed by atoms with van der Waals surface area (Å²) in [5.74, 6) is 0.234. The number of aromatic nitrogens is 1. The van der Waals surface area contributed by atoms with E-state index in [1.54, 1.807) is 48.5 Å². The minimum absolute atomic E-state index is 0.0959. The average molecular weight is 673 g/mol. The number of anilines is 1. The number of hydrogen-bond acceptors (Lipinski definition) is 8. The van der Waals surface area contributed by atoms with Crippen molar-refractivity contribution in [1.29, 1.82) is 0 Å². The minimum Gasteiger partial charge on any atom is -0.506 e. The highest BCUT2D eigenvalue weighted by atomic mass is 35.5. The maximum absolute atomic E-state index is 12.8. The van der Waals surface area contributed by atoms with Gasteiger partial charge in [0.15, 0.2) is 6.61 Å². The number of aliphatic hydroxyl groups is 1. The fourth-order valence-electron chi connectivity index (χ4n) is 5.27. The van der Waals surface area contributed by atoms with E-state index in [2.05, 4.69) is 20.9 Å². The smallest absolute Gasteiger partial charge is 0.405 e. The molecule has 0 aliphatic carbocycles. The van der Waals surface area contributed by atoms with E-state index < -0.39 is 24.1 Å². The summed E-state index contributed by atoms with van der Waals surface area (Å²) in [6.07, 6.45) is -2.14. The van der Waals surface area contributed by atoms with Crippen LogP contribution < -0.4 is 31.0 Å². The summed E-state index contributed by atoms with van der Waals surface area (Å²) < 4.78 is 11.2. The monoisotopic (exact) mass is 672 g/mol. The number of ether oxygens (including phenoxy) is 2. The number of carbonyl (C=O) groups is 2. The largest absolute Gasteiger partial charge is 0.506 e. The summed E-state index contributed by atoms with van der Waals surface area (Å²) in [6.45, 7) is 0.0575. The van der Waals surface area contributed by atoms with Gasteiger partial charge >= 0.3 is 6.09 Å². The highest BCUT2D eigenvalue weighted by Crippen LogP contribution is 2.32. The second kappa shape index (κ2) is 15.4. The molecule has 13 heteroatoms. The molecule has 2 atom stereocenters. The number of aromatic amines is 1. The minimum atomic E-state index is -1.18. The van der Waals surface area contributed by atoms with Crippen LogP contribution in [0.4, 0.5) is 10.5 Å². The van der Waals surface area contributed by atoms with E-state index in [4.69, 9.17) is 21.1 Å². The predicted octanol–water partition coefficient (Wildman–Crippen LogP) is 5.09. The molecule has 1 aromatic heterocycles. The zero-order valence-corrected chi connectivity index (χ0v) is 26.5. The van der Waals surface area contributed by atoms with E-state index in [1.165, 1.54) is 19.2 Å². The topological polar surface area (TPSA) is 182 Å². The summed E-state index contributed by atoms with van der Waals surface area (Å²) in [4.78, 5) is 38.6. The van der Waals surface area contributed by atoms with Crippen LogP contribution in [0, 0.1) is 0 Å². The number of amides is 2. The fourth-order valence-corrected chi connectivity index (χ4v) is 5.50. The Balaban J connectivity index is 1.20. The molecule has 0 aliphatic heterocycles. The third-order valence-electron chi connectivity index (χ3n) is 7.53. The van der Waals surface area contributed by atoms with Gasteiger partial charge in [-0.3, -0.25) is 9.59 Å². The highest BCUT2D eigenvalue weighted by Gasteiger charge is 2.18. The van der Waals surface area contributed by atoms with Crippen LogP contribution in [0.5, 0.6) is 17.2 Å². The van der Waals surface area contributed by atoms with Crippen LogP contribution in [0.25, 0.3) is 10.9 Å². The number of carbonyl (C=O) groups excluding carboxylic acids is 1. The number of halogens is 1. The lowest BCUT2D eigenvalue weighted by molar-refractivity contribution is -0.118. The Morgan fingerprint density at radius 2 is 1.73 bits per heavy atom. The standard InChI is InChI=1S/C35H33ClN4O8/c1-47-30-16-27(26(36)15-22(30)17-37-18-29(42)24-10-12-28(41)34-25(24)11-13-31(43)39-34)38-32(44)19-48-23-9-5-8-21(14-23)33(40-35(45)46)20-6-3-2-4-7-20/h2-16,29,33,37,40-42H,17-19H2,1H3,(H,38,44)(H,39,43)(H,45,46)/t29-,33-/m0/s1. The maximum atomic E-state index is 12.8. The molecule has 1 heterocycles. The van der Waals surface area contributed by atoms with Crippen LogP contribution in [0.3, 0.4) is 0 Å². The molecule has 0 unspecified atom stereocenters. The van der Waals surface area contributed by atoms with E-state index in [0.717, 1.165) is 5.56 Å². The van der Waals surface area contributed by atoms with Crippen molar-refractivity contribution in [2.45, 2.75) is 18.7 Å². The number of hydrogen-bond donors (Lipinski definition) is 7. The van der Waals surface area contributed by atoms with Gasteiger partial charge in [-0.05, 0) is 47.0 Å². The van der Waals surface area contributed by atoms with Crippen LogP contribution in [0.2, 0.25) is 5.02 Å². The van der Waals surface area contributed by atoms with Crippen LogP contribution in [-0.2, 0) is 11.3 Å². The lowest BCUT2D eigenvalue weighted by Crippen LogP contribution is -2.27. The number of nitrogens with one attached hydrogen (secondary N) is 4. The van der Waals surface area contributed by atoms with Crippen LogP contribution >= 0.6 is 11.6 Å². The lowest BCUT2D eigenvalue weighted by Gasteiger charge is -2.19. The van der Waals surface area contributed by atoms with Crippen molar-refractivity contribution in [1.82, 2.24) is 15.6 Å². The van der Waals surface area contributed by atoms with Crippen molar-refractivity contribution in [3.63, 3.8) is 0 Å². The summed E-state index contributed by atoms with van der Waals surface area (Å²) in [7, 11) is 1.48. The first-order valence-electron chi connectivity index (χ1n) is 14.8. The van der Waals surface area contributed by atoms with E-state index in [1.807, 2.05) is 30.3 Å². The third-order valence-corrected chi connectivity index (χ3v) is 7.84.